The fourth-order valence-corrected chi connectivity index (χ4v) is 3.30. The van der Waals surface area contributed by atoms with Gasteiger partial charge in [-0.15, -0.1) is 0 Å². The quantitative estimate of drug-likeness (QED) is 0.200. The maximum atomic E-state index is 8.28. The fraction of sp³-hybridized carbons (Fsp3) is 0.357. The van der Waals surface area contributed by atoms with Gasteiger partial charge in [-0.25, -0.2) is 0 Å². The first kappa shape index (κ1) is 28.3. The molecule has 0 saturated heterocycles. The lowest BCUT2D eigenvalue weighted by molar-refractivity contribution is 0.838. The van der Waals surface area contributed by atoms with Crippen LogP contribution in [0, 0.1) is 0 Å². The summed E-state index contributed by atoms with van der Waals surface area (Å²) in [7, 11) is 0. The summed E-state index contributed by atoms with van der Waals surface area (Å²) in [5.74, 6) is 1.53. The molecule has 6 nitrogen and oxygen atoms in total. The van der Waals surface area contributed by atoms with Crippen LogP contribution in [0.4, 0.5) is 5.69 Å². The second-order valence-corrected chi connectivity index (χ2v) is 8.71. The van der Waals surface area contributed by atoms with Crippen LogP contribution in [0.5, 0.6) is 0 Å². The standard InChI is InChI=1S/C10H13N3.C9H11N3.C9H12/c1-8(2)10-6-4-3-5-9(10)7-12-13-11;1-7(2)8-5-3-4-6-9(8)11-12-10;1-8(2)9-6-4-3-5-7-9/h3-6,8H,7H2,1-2H3;3-7H,1-2H3;3-8H,1-2H3. The van der Waals surface area contributed by atoms with Crippen LogP contribution in [0.15, 0.2) is 89.1 Å². The van der Waals surface area contributed by atoms with Gasteiger partial charge in [-0.05, 0) is 51.1 Å². The fourth-order valence-electron chi connectivity index (χ4n) is 3.30. The van der Waals surface area contributed by atoms with Crippen molar-refractivity contribution in [2.45, 2.75) is 65.8 Å². The van der Waals surface area contributed by atoms with Crippen molar-refractivity contribution in [3.63, 3.8) is 0 Å². The molecule has 3 rings (SSSR count). The van der Waals surface area contributed by atoms with Crippen LogP contribution in [-0.4, -0.2) is 0 Å². The minimum atomic E-state index is 0.395. The molecule has 0 fully saturated rings. The Morgan fingerprint density at radius 2 is 1.15 bits per heavy atom. The monoisotopic (exact) mass is 456 g/mol. The Bertz CT molecular complexity index is 1080. The van der Waals surface area contributed by atoms with Crippen LogP contribution in [0.25, 0.3) is 20.9 Å². The van der Waals surface area contributed by atoms with E-state index in [1.54, 1.807) is 0 Å². The molecule has 3 aromatic carbocycles. The minimum Gasteiger partial charge on any atom is -0.0893 e. The molecule has 0 bridgehead atoms. The van der Waals surface area contributed by atoms with Crippen LogP contribution in [0.1, 0.15) is 81.5 Å². The van der Waals surface area contributed by atoms with Gasteiger partial charge in [0.2, 0.25) is 0 Å². The Morgan fingerprint density at radius 1 is 0.618 bits per heavy atom. The largest absolute Gasteiger partial charge is 0.0893 e. The number of nitrogens with zero attached hydrogens (tertiary/aromatic N) is 6. The molecule has 0 N–H and O–H groups in total. The number of hydrogen-bond acceptors (Lipinski definition) is 2. The molecule has 0 aliphatic rings. The lowest BCUT2D eigenvalue weighted by Crippen LogP contribution is -1.93. The van der Waals surface area contributed by atoms with Gasteiger partial charge in [0.25, 0.3) is 0 Å². The Hall–Kier alpha value is -3.72. The Morgan fingerprint density at radius 3 is 1.65 bits per heavy atom. The summed E-state index contributed by atoms with van der Waals surface area (Å²) >= 11 is 0. The third-order valence-corrected chi connectivity index (χ3v) is 5.16. The first-order valence-corrected chi connectivity index (χ1v) is 11.6. The van der Waals surface area contributed by atoms with Crippen molar-refractivity contribution in [2.75, 3.05) is 0 Å². The van der Waals surface area contributed by atoms with Crippen molar-refractivity contribution in [1.82, 2.24) is 0 Å². The Balaban J connectivity index is 0.000000259. The summed E-state index contributed by atoms with van der Waals surface area (Å²) in [6.45, 7) is 13.3. The van der Waals surface area contributed by atoms with E-state index in [1.807, 2.05) is 48.5 Å². The Labute approximate surface area is 203 Å². The number of hydrogen-bond donors (Lipinski definition) is 0. The number of rotatable bonds is 6. The van der Waals surface area contributed by atoms with Gasteiger partial charge in [0, 0.05) is 15.5 Å². The second kappa shape index (κ2) is 16.0. The molecule has 0 saturated carbocycles. The molecule has 0 atom stereocenters. The topological polar surface area (TPSA) is 97.5 Å². The van der Waals surface area contributed by atoms with E-state index in [4.69, 9.17) is 11.1 Å². The van der Waals surface area contributed by atoms with Crippen LogP contribution < -0.4 is 0 Å². The first-order valence-electron chi connectivity index (χ1n) is 11.6. The molecule has 6 heteroatoms. The first-order chi connectivity index (χ1) is 16.3. The van der Waals surface area contributed by atoms with E-state index in [2.05, 4.69) is 91.9 Å². The molecule has 0 heterocycles. The smallest absolute Gasteiger partial charge is 0.0513 e. The van der Waals surface area contributed by atoms with Gasteiger partial charge in [-0.1, -0.05) is 131 Å². The molecule has 34 heavy (non-hydrogen) atoms. The van der Waals surface area contributed by atoms with Crippen molar-refractivity contribution in [3.8, 4) is 0 Å². The van der Waals surface area contributed by atoms with Crippen LogP contribution in [0.3, 0.4) is 0 Å². The molecule has 0 aliphatic carbocycles. The SMILES string of the molecule is CC(C)c1ccccc1.CC(C)c1ccccc1CN=[N+]=[N-].CC(C)c1ccccc1N=[N+]=[N-]. The highest BCUT2D eigenvalue weighted by atomic mass is 15.1. The van der Waals surface area contributed by atoms with Crippen LogP contribution in [-0.2, 0) is 6.54 Å². The van der Waals surface area contributed by atoms with Crippen molar-refractivity contribution in [1.29, 1.82) is 0 Å². The maximum absolute atomic E-state index is 8.28. The molecule has 0 radical (unpaired) electrons. The zero-order valence-electron chi connectivity index (χ0n) is 21.1. The molecule has 0 amide bonds. The van der Waals surface area contributed by atoms with E-state index in [-0.39, 0.29) is 0 Å². The summed E-state index contributed by atoms with van der Waals surface area (Å²) in [6, 6.07) is 26.2. The molecule has 0 aromatic heterocycles. The molecule has 0 aliphatic heterocycles. The normalized spacial score (nSPS) is 9.79. The second-order valence-electron chi connectivity index (χ2n) is 8.71. The molecular formula is C28H36N6. The Kier molecular flexibility index (Phi) is 13.3. The minimum absolute atomic E-state index is 0.395. The molecule has 3 aromatic rings. The van der Waals surface area contributed by atoms with Gasteiger partial charge in [0.05, 0.1) is 6.54 Å². The highest BCUT2D eigenvalue weighted by Gasteiger charge is 2.04. The van der Waals surface area contributed by atoms with E-state index in [0.29, 0.717) is 24.3 Å². The lowest BCUT2D eigenvalue weighted by atomic mass is 9.97. The van der Waals surface area contributed by atoms with E-state index >= 15 is 0 Å². The average Bonchev–Trinajstić information content (AvgIpc) is 2.84. The summed E-state index contributed by atoms with van der Waals surface area (Å²) in [5.41, 5.74) is 22.1. The summed E-state index contributed by atoms with van der Waals surface area (Å²) in [5, 5.41) is 7.17. The van der Waals surface area contributed by atoms with Gasteiger partial charge in [0.1, 0.15) is 0 Å². The average molecular weight is 457 g/mol. The summed E-state index contributed by atoms with van der Waals surface area (Å²) < 4.78 is 0. The predicted molar refractivity (Wildman–Crippen MR) is 143 cm³/mol. The molecule has 0 spiro atoms. The zero-order valence-corrected chi connectivity index (χ0v) is 21.1. The van der Waals surface area contributed by atoms with E-state index < -0.39 is 0 Å². The summed E-state index contributed by atoms with van der Waals surface area (Å²) in [4.78, 5) is 5.53. The van der Waals surface area contributed by atoms with Gasteiger partial charge in [0.15, 0.2) is 0 Å². The van der Waals surface area contributed by atoms with Gasteiger partial charge in [-0.3, -0.25) is 0 Å². The predicted octanol–water partition coefficient (Wildman–Crippen LogP) is 10.2. The number of benzene rings is 3. The van der Waals surface area contributed by atoms with Crippen LogP contribution >= 0.6 is 0 Å². The molecule has 0 unspecified atom stereocenters. The van der Waals surface area contributed by atoms with Crippen molar-refractivity contribution in [2.24, 2.45) is 10.2 Å². The third kappa shape index (κ3) is 10.3. The van der Waals surface area contributed by atoms with Crippen molar-refractivity contribution in [3.05, 3.63) is 122 Å². The van der Waals surface area contributed by atoms with E-state index in [9.17, 15) is 0 Å². The van der Waals surface area contributed by atoms with Gasteiger partial charge in [-0.2, -0.15) is 0 Å². The summed E-state index contributed by atoms with van der Waals surface area (Å²) in [6.07, 6.45) is 0. The zero-order chi connectivity index (χ0) is 25.3. The highest BCUT2D eigenvalue weighted by Crippen LogP contribution is 2.26. The highest BCUT2D eigenvalue weighted by molar-refractivity contribution is 5.47. The van der Waals surface area contributed by atoms with Crippen LogP contribution in [0.2, 0.25) is 0 Å². The van der Waals surface area contributed by atoms with Crippen molar-refractivity contribution >= 4 is 5.69 Å². The maximum Gasteiger partial charge on any atom is 0.0513 e. The lowest BCUT2D eigenvalue weighted by Gasteiger charge is -2.09. The molecular weight excluding hydrogens is 420 g/mol. The van der Waals surface area contributed by atoms with Gasteiger partial charge < -0.3 is 0 Å². The van der Waals surface area contributed by atoms with E-state index in [1.165, 1.54) is 11.1 Å². The van der Waals surface area contributed by atoms with Crippen molar-refractivity contribution < 1.29 is 0 Å². The molecule has 178 valence electrons. The van der Waals surface area contributed by atoms with E-state index in [0.717, 1.165) is 16.8 Å². The third-order valence-electron chi connectivity index (χ3n) is 5.16. The number of azide groups is 2. The van der Waals surface area contributed by atoms with Gasteiger partial charge >= 0.3 is 0 Å².